The summed E-state index contributed by atoms with van der Waals surface area (Å²) < 4.78 is 5.37. The SMILES string of the molecule is C1CC(N2CC3C[C@@H]3C2)CCO1. The zero-order valence-electron chi connectivity index (χ0n) is 7.54. The van der Waals surface area contributed by atoms with Crippen LogP contribution in [0.25, 0.3) is 0 Å². The van der Waals surface area contributed by atoms with Gasteiger partial charge in [-0.05, 0) is 31.1 Å². The van der Waals surface area contributed by atoms with Gasteiger partial charge in [0.15, 0.2) is 0 Å². The van der Waals surface area contributed by atoms with Gasteiger partial charge in [0.25, 0.3) is 0 Å². The summed E-state index contributed by atoms with van der Waals surface area (Å²) >= 11 is 0. The molecule has 1 saturated carbocycles. The monoisotopic (exact) mass is 167 g/mol. The van der Waals surface area contributed by atoms with Crippen LogP contribution in [-0.4, -0.2) is 37.2 Å². The Morgan fingerprint density at radius 2 is 1.67 bits per heavy atom. The number of hydrogen-bond acceptors (Lipinski definition) is 2. The molecular weight excluding hydrogens is 150 g/mol. The normalized spacial score (nSPS) is 43.0. The molecule has 2 heteroatoms. The minimum Gasteiger partial charge on any atom is -0.381 e. The summed E-state index contributed by atoms with van der Waals surface area (Å²) in [5.74, 6) is 2.18. The van der Waals surface area contributed by atoms with Crippen molar-refractivity contribution in [3.8, 4) is 0 Å². The maximum absolute atomic E-state index is 5.37. The van der Waals surface area contributed by atoms with Crippen LogP contribution in [0.2, 0.25) is 0 Å². The maximum Gasteiger partial charge on any atom is 0.0480 e. The zero-order chi connectivity index (χ0) is 7.97. The maximum atomic E-state index is 5.37. The fraction of sp³-hybridized carbons (Fsp3) is 1.00. The summed E-state index contributed by atoms with van der Waals surface area (Å²) in [4.78, 5) is 2.71. The van der Waals surface area contributed by atoms with E-state index in [1.165, 1.54) is 32.4 Å². The van der Waals surface area contributed by atoms with Gasteiger partial charge in [-0.1, -0.05) is 0 Å². The van der Waals surface area contributed by atoms with E-state index in [-0.39, 0.29) is 0 Å². The van der Waals surface area contributed by atoms with Crippen LogP contribution in [0.1, 0.15) is 19.3 Å². The van der Waals surface area contributed by atoms with E-state index < -0.39 is 0 Å². The van der Waals surface area contributed by atoms with E-state index in [0.717, 1.165) is 31.1 Å². The lowest BCUT2D eigenvalue weighted by Gasteiger charge is -2.31. The summed E-state index contributed by atoms with van der Waals surface area (Å²) in [5, 5.41) is 0. The van der Waals surface area contributed by atoms with Gasteiger partial charge < -0.3 is 4.74 Å². The number of likely N-dealkylation sites (tertiary alicyclic amines) is 1. The Labute approximate surface area is 73.9 Å². The summed E-state index contributed by atoms with van der Waals surface area (Å²) in [6.07, 6.45) is 4.08. The molecule has 3 fully saturated rings. The molecule has 0 aromatic heterocycles. The molecule has 0 bridgehead atoms. The molecule has 2 heterocycles. The van der Waals surface area contributed by atoms with E-state index in [4.69, 9.17) is 4.74 Å². The van der Waals surface area contributed by atoms with Crippen LogP contribution in [0.4, 0.5) is 0 Å². The van der Waals surface area contributed by atoms with Crippen molar-refractivity contribution in [2.45, 2.75) is 25.3 Å². The number of piperidine rings is 1. The number of ether oxygens (including phenoxy) is 1. The topological polar surface area (TPSA) is 12.5 Å². The predicted molar refractivity (Wildman–Crippen MR) is 47.0 cm³/mol. The molecule has 1 aliphatic carbocycles. The van der Waals surface area contributed by atoms with Gasteiger partial charge in [-0.25, -0.2) is 0 Å². The highest BCUT2D eigenvalue weighted by Gasteiger charge is 2.46. The Kier molecular flexibility index (Phi) is 1.66. The molecule has 12 heavy (non-hydrogen) atoms. The molecule has 2 saturated heterocycles. The average Bonchev–Trinajstić information content (AvgIpc) is 2.75. The van der Waals surface area contributed by atoms with E-state index in [9.17, 15) is 0 Å². The second-order valence-electron chi connectivity index (χ2n) is 4.55. The molecule has 0 amide bonds. The third-order valence-electron chi connectivity index (χ3n) is 3.71. The number of rotatable bonds is 1. The first-order valence-corrected chi connectivity index (χ1v) is 5.25. The zero-order valence-corrected chi connectivity index (χ0v) is 7.54. The Balaban J connectivity index is 1.58. The largest absolute Gasteiger partial charge is 0.381 e. The van der Waals surface area contributed by atoms with Crippen molar-refractivity contribution >= 4 is 0 Å². The molecule has 3 rings (SSSR count). The number of nitrogens with zero attached hydrogens (tertiary/aromatic N) is 1. The van der Waals surface area contributed by atoms with Crippen molar-refractivity contribution in [3.63, 3.8) is 0 Å². The number of hydrogen-bond donors (Lipinski definition) is 0. The third kappa shape index (κ3) is 1.17. The lowest BCUT2D eigenvalue weighted by molar-refractivity contribution is 0.0385. The van der Waals surface area contributed by atoms with E-state index in [1.807, 2.05) is 0 Å². The molecular formula is C10H17NO. The summed E-state index contributed by atoms with van der Waals surface area (Å²) in [5.41, 5.74) is 0. The van der Waals surface area contributed by atoms with E-state index in [1.54, 1.807) is 0 Å². The Morgan fingerprint density at radius 3 is 2.33 bits per heavy atom. The molecule has 0 spiro atoms. The summed E-state index contributed by atoms with van der Waals surface area (Å²) in [6, 6.07) is 0.867. The van der Waals surface area contributed by atoms with Crippen molar-refractivity contribution < 1.29 is 4.74 Å². The molecule has 0 N–H and O–H groups in total. The molecule has 68 valence electrons. The Hall–Kier alpha value is -0.0800. The van der Waals surface area contributed by atoms with Gasteiger partial charge in [0, 0.05) is 32.3 Å². The minimum absolute atomic E-state index is 0.867. The fourth-order valence-electron chi connectivity index (χ4n) is 2.78. The smallest absolute Gasteiger partial charge is 0.0480 e. The molecule has 2 nitrogen and oxygen atoms in total. The van der Waals surface area contributed by atoms with Crippen LogP contribution in [-0.2, 0) is 4.74 Å². The van der Waals surface area contributed by atoms with Crippen molar-refractivity contribution in [3.05, 3.63) is 0 Å². The standard InChI is InChI=1S/C10H17NO/c1-3-12-4-2-10(1)11-6-8-5-9(8)7-11/h8-10H,1-7H2/t8-,9?/m1/s1. The van der Waals surface area contributed by atoms with Crippen molar-refractivity contribution in [1.29, 1.82) is 0 Å². The van der Waals surface area contributed by atoms with Crippen LogP contribution in [0.15, 0.2) is 0 Å². The van der Waals surface area contributed by atoms with Crippen LogP contribution in [0.3, 0.4) is 0 Å². The number of fused-ring (bicyclic) bond motifs is 1. The molecule has 2 aliphatic heterocycles. The van der Waals surface area contributed by atoms with Gasteiger partial charge in [-0.15, -0.1) is 0 Å². The van der Waals surface area contributed by atoms with Gasteiger partial charge in [0.05, 0.1) is 0 Å². The molecule has 0 radical (unpaired) electrons. The fourth-order valence-corrected chi connectivity index (χ4v) is 2.78. The molecule has 2 atom stereocenters. The molecule has 0 aromatic rings. The van der Waals surface area contributed by atoms with E-state index in [0.29, 0.717) is 0 Å². The van der Waals surface area contributed by atoms with Crippen molar-refractivity contribution in [2.75, 3.05) is 26.3 Å². The van der Waals surface area contributed by atoms with Crippen molar-refractivity contribution in [1.82, 2.24) is 4.90 Å². The highest BCUT2D eigenvalue weighted by Crippen LogP contribution is 2.46. The first kappa shape index (κ1) is 7.34. The molecule has 0 aromatic carbocycles. The minimum atomic E-state index is 0.867. The van der Waals surface area contributed by atoms with Gasteiger partial charge in [-0.3, -0.25) is 4.90 Å². The highest BCUT2D eigenvalue weighted by atomic mass is 16.5. The van der Waals surface area contributed by atoms with Crippen LogP contribution in [0, 0.1) is 11.8 Å². The quantitative estimate of drug-likeness (QED) is 0.580. The first-order valence-electron chi connectivity index (χ1n) is 5.25. The molecule has 1 unspecified atom stereocenters. The second kappa shape index (κ2) is 2.71. The first-order chi connectivity index (χ1) is 5.93. The second-order valence-corrected chi connectivity index (χ2v) is 4.55. The summed E-state index contributed by atoms with van der Waals surface area (Å²) in [6.45, 7) is 4.79. The lowest BCUT2D eigenvalue weighted by atomic mass is 10.1. The van der Waals surface area contributed by atoms with E-state index in [2.05, 4.69) is 4.90 Å². The average molecular weight is 167 g/mol. The Morgan fingerprint density at radius 1 is 1.00 bits per heavy atom. The Bertz CT molecular complexity index is 167. The third-order valence-corrected chi connectivity index (χ3v) is 3.71. The highest BCUT2D eigenvalue weighted by molar-refractivity contribution is 4.98. The van der Waals surface area contributed by atoms with Crippen LogP contribution in [0.5, 0.6) is 0 Å². The van der Waals surface area contributed by atoms with Crippen LogP contribution >= 0.6 is 0 Å². The van der Waals surface area contributed by atoms with Crippen molar-refractivity contribution in [2.24, 2.45) is 11.8 Å². The van der Waals surface area contributed by atoms with Gasteiger partial charge >= 0.3 is 0 Å². The predicted octanol–water partition coefficient (Wildman–Crippen LogP) is 1.12. The van der Waals surface area contributed by atoms with E-state index >= 15 is 0 Å². The van der Waals surface area contributed by atoms with Crippen LogP contribution < -0.4 is 0 Å². The summed E-state index contributed by atoms with van der Waals surface area (Å²) in [7, 11) is 0. The van der Waals surface area contributed by atoms with Gasteiger partial charge in [0.1, 0.15) is 0 Å². The lowest BCUT2D eigenvalue weighted by Crippen LogP contribution is -2.38. The van der Waals surface area contributed by atoms with Gasteiger partial charge in [-0.2, -0.15) is 0 Å². The van der Waals surface area contributed by atoms with Gasteiger partial charge in [0.2, 0.25) is 0 Å². The molecule has 3 aliphatic rings.